The van der Waals surface area contributed by atoms with E-state index in [0.29, 0.717) is 0 Å². The maximum absolute atomic E-state index is 13.4. The van der Waals surface area contributed by atoms with Gasteiger partial charge in [0.05, 0.1) is 5.69 Å². The molecule has 1 amide bonds. The van der Waals surface area contributed by atoms with Crippen molar-refractivity contribution in [1.82, 2.24) is 0 Å². The van der Waals surface area contributed by atoms with Gasteiger partial charge in [0.1, 0.15) is 0 Å². The van der Waals surface area contributed by atoms with E-state index in [1.54, 1.807) is 18.2 Å². The van der Waals surface area contributed by atoms with Crippen molar-refractivity contribution < 1.29 is 18.0 Å². The van der Waals surface area contributed by atoms with Crippen LogP contribution in [0, 0.1) is 24.4 Å². The molecule has 0 heterocycles. The van der Waals surface area contributed by atoms with Crippen molar-refractivity contribution in [3.63, 3.8) is 0 Å². The predicted molar refractivity (Wildman–Crippen MR) is 73.1 cm³/mol. The second-order valence-electron chi connectivity index (χ2n) is 4.14. The van der Waals surface area contributed by atoms with Crippen LogP contribution >= 0.6 is 15.9 Å². The Morgan fingerprint density at radius 2 is 1.80 bits per heavy atom. The molecule has 2 nitrogen and oxygen atoms in total. The van der Waals surface area contributed by atoms with Gasteiger partial charge >= 0.3 is 0 Å². The third-order valence-corrected chi connectivity index (χ3v) is 3.57. The van der Waals surface area contributed by atoms with Gasteiger partial charge in [0.25, 0.3) is 5.91 Å². The zero-order chi connectivity index (χ0) is 14.9. The van der Waals surface area contributed by atoms with E-state index >= 15 is 0 Å². The fourth-order valence-corrected chi connectivity index (χ4v) is 1.93. The number of carbonyl (C=O) groups excluding carboxylic acids is 1. The van der Waals surface area contributed by atoms with Gasteiger partial charge < -0.3 is 5.32 Å². The van der Waals surface area contributed by atoms with Crippen molar-refractivity contribution in [3.8, 4) is 0 Å². The Morgan fingerprint density at radius 1 is 1.10 bits per heavy atom. The highest BCUT2D eigenvalue weighted by Gasteiger charge is 2.16. The lowest BCUT2D eigenvalue weighted by Crippen LogP contribution is -2.14. The number of hydrogen-bond acceptors (Lipinski definition) is 1. The highest BCUT2D eigenvalue weighted by molar-refractivity contribution is 9.10. The van der Waals surface area contributed by atoms with E-state index in [9.17, 15) is 18.0 Å². The van der Waals surface area contributed by atoms with E-state index in [4.69, 9.17) is 0 Å². The fraction of sp³-hybridized carbons (Fsp3) is 0.0714. The van der Waals surface area contributed by atoms with Gasteiger partial charge in [0.15, 0.2) is 17.5 Å². The molecule has 0 aromatic heterocycles. The molecule has 1 N–H and O–H groups in total. The highest BCUT2D eigenvalue weighted by atomic mass is 79.9. The summed E-state index contributed by atoms with van der Waals surface area (Å²) in [6.07, 6.45) is 0. The Hall–Kier alpha value is -1.82. The Labute approximate surface area is 121 Å². The highest BCUT2D eigenvalue weighted by Crippen LogP contribution is 2.22. The molecule has 0 spiro atoms. The van der Waals surface area contributed by atoms with E-state index in [0.717, 1.165) is 22.2 Å². The van der Waals surface area contributed by atoms with E-state index < -0.39 is 29.0 Å². The quantitative estimate of drug-likeness (QED) is 0.803. The van der Waals surface area contributed by atoms with Gasteiger partial charge in [-0.3, -0.25) is 4.79 Å². The molecule has 2 rings (SSSR count). The van der Waals surface area contributed by atoms with Gasteiger partial charge in [0, 0.05) is 10.0 Å². The molecule has 0 aliphatic carbocycles. The lowest BCUT2D eigenvalue weighted by atomic mass is 10.1. The minimum atomic E-state index is -1.62. The average Bonchev–Trinajstić information content (AvgIpc) is 2.42. The first-order valence-electron chi connectivity index (χ1n) is 5.61. The number of rotatable bonds is 2. The zero-order valence-electron chi connectivity index (χ0n) is 10.3. The summed E-state index contributed by atoms with van der Waals surface area (Å²) in [7, 11) is 0. The van der Waals surface area contributed by atoms with Gasteiger partial charge in [-0.05, 0) is 36.8 Å². The van der Waals surface area contributed by atoms with Crippen molar-refractivity contribution >= 4 is 27.5 Å². The number of halogens is 4. The SMILES string of the molecule is Cc1ccc(C(=O)Nc2ccc(F)c(F)c2F)cc1Br. The van der Waals surface area contributed by atoms with Gasteiger partial charge in [-0.1, -0.05) is 22.0 Å². The average molecular weight is 344 g/mol. The Balaban J connectivity index is 2.28. The maximum atomic E-state index is 13.4. The monoisotopic (exact) mass is 343 g/mol. The Morgan fingerprint density at radius 3 is 2.45 bits per heavy atom. The van der Waals surface area contributed by atoms with E-state index in [1.807, 2.05) is 6.92 Å². The molecule has 0 saturated heterocycles. The van der Waals surface area contributed by atoms with E-state index in [-0.39, 0.29) is 5.56 Å². The van der Waals surface area contributed by atoms with Crippen LogP contribution < -0.4 is 5.32 Å². The third kappa shape index (κ3) is 2.85. The Bertz CT molecular complexity index is 688. The normalized spacial score (nSPS) is 10.4. The summed E-state index contributed by atoms with van der Waals surface area (Å²) in [5.74, 6) is -4.97. The smallest absolute Gasteiger partial charge is 0.255 e. The molecule has 0 unspecified atom stereocenters. The first-order valence-corrected chi connectivity index (χ1v) is 6.40. The largest absolute Gasteiger partial charge is 0.319 e. The van der Waals surface area contributed by atoms with Gasteiger partial charge in [-0.2, -0.15) is 0 Å². The third-order valence-electron chi connectivity index (χ3n) is 2.72. The summed E-state index contributed by atoms with van der Waals surface area (Å²) in [6, 6.07) is 6.53. The second-order valence-corrected chi connectivity index (χ2v) is 5.00. The van der Waals surface area contributed by atoms with Crippen molar-refractivity contribution in [1.29, 1.82) is 0 Å². The molecule has 0 aliphatic rings. The van der Waals surface area contributed by atoms with Crippen LogP contribution in [0.2, 0.25) is 0 Å². The second kappa shape index (κ2) is 5.66. The molecule has 0 atom stereocenters. The van der Waals surface area contributed by atoms with Crippen LogP contribution in [0.5, 0.6) is 0 Å². The first-order chi connectivity index (χ1) is 9.40. The molecule has 2 aromatic carbocycles. The van der Waals surface area contributed by atoms with Gasteiger partial charge in [-0.15, -0.1) is 0 Å². The minimum Gasteiger partial charge on any atom is -0.319 e. The number of nitrogens with one attached hydrogen (secondary N) is 1. The van der Waals surface area contributed by atoms with Crippen LogP contribution in [0.15, 0.2) is 34.8 Å². The van der Waals surface area contributed by atoms with Crippen molar-refractivity contribution in [2.24, 2.45) is 0 Å². The number of amides is 1. The molecule has 20 heavy (non-hydrogen) atoms. The van der Waals surface area contributed by atoms with Crippen molar-refractivity contribution in [3.05, 3.63) is 63.4 Å². The molecule has 0 radical (unpaired) electrons. The summed E-state index contributed by atoms with van der Waals surface area (Å²) in [4.78, 5) is 11.9. The molecular formula is C14H9BrF3NO. The van der Waals surface area contributed by atoms with Crippen molar-refractivity contribution in [2.75, 3.05) is 5.32 Å². The number of hydrogen-bond donors (Lipinski definition) is 1. The van der Waals surface area contributed by atoms with E-state index in [1.165, 1.54) is 0 Å². The van der Waals surface area contributed by atoms with Crippen LogP contribution in [0.25, 0.3) is 0 Å². The van der Waals surface area contributed by atoms with Crippen LogP contribution in [-0.4, -0.2) is 5.91 Å². The summed E-state index contributed by atoms with van der Waals surface area (Å²) in [5, 5.41) is 2.20. The number of aryl methyl sites for hydroxylation is 1. The molecular weight excluding hydrogens is 335 g/mol. The number of carbonyl (C=O) groups is 1. The van der Waals surface area contributed by atoms with Crippen LogP contribution in [-0.2, 0) is 0 Å². The topological polar surface area (TPSA) is 29.1 Å². The summed E-state index contributed by atoms with van der Waals surface area (Å²) in [5.41, 5.74) is 0.790. The molecule has 0 aliphatic heterocycles. The summed E-state index contributed by atoms with van der Waals surface area (Å²) >= 11 is 3.27. The Kier molecular flexibility index (Phi) is 4.13. The maximum Gasteiger partial charge on any atom is 0.255 e. The van der Waals surface area contributed by atoms with E-state index in [2.05, 4.69) is 21.2 Å². The fourth-order valence-electron chi connectivity index (χ4n) is 1.55. The van der Waals surface area contributed by atoms with Crippen LogP contribution in [0.4, 0.5) is 18.9 Å². The lowest BCUT2D eigenvalue weighted by Gasteiger charge is -2.08. The zero-order valence-corrected chi connectivity index (χ0v) is 11.9. The van der Waals surface area contributed by atoms with Gasteiger partial charge in [0.2, 0.25) is 0 Å². The van der Waals surface area contributed by atoms with Gasteiger partial charge in [-0.25, -0.2) is 13.2 Å². The van der Waals surface area contributed by atoms with Crippen LogP contribution in [0.1, 0.15) is 15.9 Å². The molecule has 0 bridgehead atoms. The number of anilines is 1. The first kappa shape index (κ1) is 14.6. The minimum absolute atomic E-state index is 0.270. The molecule has 0 saturated carbocycles. The molecule has 2 aromatic rings. The molecule has 6 heteroatoms. The van der Waals surface area contributed by atoms with Crippen LogP contribution in [0.3, 0.4) is 0 Å². The molecule has 0 fully saturated rings. The number of benzene rings is 2. The summed E-state index contributed by atoms with van der Waals surface area (Å²) in [6.45, 7) is 1.85. The molecule has 104 valence electrons. The lowest BCUT2D eigenvalue weighted by molar-refractivity contribution is 0.102. The summed E-state index contributed by atoms with van der Waals surface area (Å²) < 4.78 is 40.0. The van der Waals surface area contributed by atoms with Crippen molar-refractivity contribution in [2.45, 2.75) is 6.92 Å². The predicted octanol–water partition coefficient (Wildman–Crippen LogP) is 4.43. The standard InChI is InChI=1S/C14H9BrF3NO/c1-7-2-3-8(6-9(7)15)14(20)19-11-5-4-10(16)12(17)13(11)18/h2-6H,1H3,(H,19,20).